The fourth-order valence-corrected chi connectivity index (χ4v) is 3.28. The number of rotatable bonds is 2. The first-order chi connectivity index (χ1) is 11.5. The van der Waals surface area contributed by atoms with E-state index >= 15 is 0 Å². The van der Waals surface area contributed by atoms with Gasteiger partial charge in [0.15, 0.2) is 23.0 Å². The number of fused-ring (bicyclic) bond motifs is 2. The molecule has 0 saturated heterocycles. The fraction of sp³-hybridized carbons (Fsp3) is 0.250. The second-order valence-corrected chi connectivity index (χ2v) is 6.90. The van der Waals surface area contributed by atoms with Gasteiger partial charge in [-0.05, 0) is 24.3 Å². The van der Waals surface area contributed by atoms with Crippen LogP contribution in [0, 0.1) is 0 Å². The van der Waals surface area contributed by atoms with Crippen LogP contribution in [0.5, 0.6) is 23.0 Å². The maximum atomic E-state index is 6.13. The summed E-state index contributed by atoms with van der Waals surface area (Å²) >= 11 is 24.2. The summed E-state index contributed by atoms with van der Waals surface area (Å²) in [6, 6.07) is 6.77. The highest BCUT2D eigenvalue weighted by molar-refractivity contribution is 6.43. The van der Waals surface area contributed by atoms with Crippen LogP contribution in [0.25, 0.3) is 0 Å². The van der Waals surface area contributed by atoms with E-state index in [-0.39, 0.29) is 6.10 Å². The molecule has 0 spiro atoms. The van der Waals surface area contributed by atoms with Gasteiger partial charge in [0.25, 0.3) is 0 Å². The molecular weight excluding hydrogens is 398 g/mol. The molecular formula is C16H10Cl4O4. The Balaban J connectivity index is 1.46. The molecule has 0 bridgehead atoms. The summed E-state index contributed by atoms with van der Waals surface area (Å²) in [5, 5.41) is 1.51. The molecule has 0 saturated carbocycles. The molecule has 126 valence electrons. The highest BCUT2D eigenvalue weighted by Gasteiger charge is 2.33. The first-order valence-corrected chi connectivity index (χ1v) is 8.63. The van der Waals surface area contributed by atoms with Crippen LogP contribution in [-0.2, 0) is 0 Å². The molecule has 4 rings (SSSR count). The summed E-state index contributed by atoms with van der Waals surface area (Å²) < 4.78 is 23.0. The van der Waals surface area contributed by atoms with Crippen molar-refractivity contribution in [1.29, 1.82) is 0 Å². The molecule has 2 aliphatic rings. The zero-order valence-corrected chi connectivity index (χ0v) is 15.0. The van der Waals surface area contributed by atoms with Gasteiger partial charge < -0.3 is 18.9 Å². The normalized spacial score (nSPS) is 21.0. The molecule has 0 fully saturated rings. The van der Waals surface area contributed by atoms with E-state index in [0.29, 0.717) is 56.1 Å². The van der Waals surface area contributed by atoms with Crippen molar-refractivity contribution >= 4 is 46.4 Å². The predicted octanol–water partition coefficient (Wildman–Crippen LogP) is 5.63. The minimum Gasteiger partial charge on any atom is -0.484 e. The molecule has 0 aromatic heterocycles. The zero-order valence-electron chi connectivity index (χ0n) is 12.0. The average Bonchev–Trinajstić information content (AvgIpc) is 2.98. The lowest BCUT2D eigenvalue weighted by atomic mass is 10.2. The van der Waals surface area contributed by atoms with E-state index in [1.54, 1.807) is 24.3 Å². The summed E-state index contributed by atoms with van der Waals surface area (Å²) in [4.78, 5) is 0. The van der Waals surface area contributed by atoms with Crippen molar-refractivity contribution in [2.24, 2.45) is 0 Å². The lowest BCUT2D eigenvalue weighted by Crippen LogP contribution is -2.35. The summed E-state index contributed by atoms with van der Waals surface area (Å²) in [6.07, 6.45) is -0.348. The number of benzene rings is 2. The third kappa shape index (κ3) is 2.82. The maximum Gasteiger partial charge on any atom is 0.245 e. The van der Waals surface area contributed by atoms with E-state index < -0.39 is 6.29 Å². The van der Waals surface area contributed by atoms with Crippen molar-refractivity contribution in [2.75, 3.05) is 6.61 Å². The fourth-order valence-electron chi connectivity index (χ4n) is 2.57. The van der Waals surface area contributed by atoms with Crippen LogP contribution in [-0.4, -0.2) is 19.0 Å². The summed E-state index contributed by atoms with van der Waals surface area (Å²) in [5.41, 5.74) is 0. The molecule has 2 unspecified atom stereocenters. The summed E-state index contributed by atoms with van der Waals surface area (Å²) in [6.45, 7) is 0.307. The molecule has 4 nitrogen and oxygen atoms in total. The molecule has 2 heterocycles. The van der Waals surface area contributed by atoms with E-state index in [9.17, 15) is 0 Å². The first-order valence-electron chi connectivity index (χ1n) is 7.11. The number of ether oxygens (including phenoxy) is 4. The van der Waals surface area contributed by atoms with Gasteiger partial charge in [-0.1, -0.05) is 46.4 Å². The van der Waals surface area contributed by atoms with Crippen molar-refractivity contribution in [3.05, 3.63) is 44.4 Å². The zero-order chi connectivity index (χ0) is 16.8. The molecule has 2 aromatic carbocycles. The van der Waals surface area contributed by atoms with Crippen molar-refractivity contribution < 1.29 is 18.9 Å². The highest BCUT2D eigenvalue weighted by atomic mass is 35.5. The van der Waals surface area contributed by atoms with Crippen molar-refractivity contribution in [3.8, 4) is 23.0 Å². The lowest BCUT2D eigenvalue weighted by molar-refractivity contribution is -0.0129. The van der Waals surface area contributed by atoms with Gasteiger partial charge in [-0.2, -0.15) is 0 Å². The number of hydrogen-bond acceptors (Lipinski definition) is 4. The van der Waals surface area contributed by atoms with Crippen LogP contribution in [0.4, 0.5) is 0 Å². The van der Waals surface area contributed by atoms with Crippen molar-refractivity contribution in [3.63, 3.8) is 0 Å². The standard InChI is InChI=1S/C16H10Cl4O4/c17-8-1-3-10-15(13(8)19)21-6-7(22-10)5-12-23-11-4-2-9(18)14(20)16(11)24-12/h1-4,7,12H,5-6H2. The van der Waals surface area contributed by atoms with E-state index in [0.717, 1.165) is 0 Å². The average molecular weight is 408 g/mol. The third-order valence-corrected chi connectivity index (χ3v) is 5.27. The summed E-state index contributed by atoms with van der Waals surface area (Å²) in [5.74, 6) is 1.99. The molecule has 2 aromatic rings. The monoisotopic (exact) mass is 406 g/mol. The molecule has 2 atom stereocenters. The first kappa shape index (κ1) is 16.3. The molecule has 0 radical (unpaired) electrons. The maximum absolute atomic E-state index is 6.13. The predicted molar refractivity (Wildman–Crippen MR) is 92.5 cm³/mol. The molecule has 2 aliphatic heterocycles. The topological polar surface area (TPSA) is 36.9 Å². The minimum absolute atomic E-state index is 0.261. The van der Waals surface area contributed by atoms with Crippen LogP contribution >= 0.6 is 46.4 Å². The van der Waals surface area contributed by atoms with Gasteiger partial charge in [-0.15, -0.1) is 0 Å². The van der Waals surface area contributed by atoms with E-state index in [2.05, 4.69) is 0 Å². The highest BCUT2D eigenvalue weighted by Crippen LogP contribution is 2.46. The Hall–Kier alpha value is -1.20. The third-order valence-electron chi connectivity index (χ3n) is 3.70. The largest absolute Gasteiger partial charge is 0.484 e. The van der Waals surface area contributed by atoms with Crippen molar-refractivity contribution in [1.82, 2.24) is 0 Å². The Morgan fingerprint density at radius 3 is 2.12 bits per heavy atom. The molecule has 8 heteroatoms. The second-order valence-electron chi connectivity index (χ2n) is 5.33. The quantitative estimate of drug-likeness (QED) is 0.646. The Morgan fingerprint density at radius 1 is 0.792 bits per heavy atom. The number of hydrogen-bond donors (Lipinski definition) is 0. The van der Waals surface area contributed by atoms with Gasteiger partial charge in [0.2, 0.25) is 6.29 Å². The van der Waals surface area contributed by atoms with Gasteiger partial charge >= 0.3 is 0 Å². The van der Waals surface area contributed by atoms with Crippen LogP contribution in [0.3, 0.4) is 0 Å². The van der Waals surface area contributed by atoms with E-state index in [4.69, 9.17) is 65.4 Å². The SMILES string of the molecule is Clc1ccc2c(c1Cl)OCC(CC1Oc3ccc(Cl)c(Cl)c3O1)O2. The summed E-state index contributed by atoms with van der Waals surface area (Å²) in [7, 11) is 0. The molecule has 0 N–H and O–H groups in total. The van der Waals surface area contributed by atoms with Gasteiger partial charge in [0.05, 0.1) is 16.5 Å². The number of halogens is 4. The van der Waals surface area contributed by atoms with Crippen LogP contribution in [0.15, 0.2) is 24.3 Å². The van der Waals surface area contributed by atoms with Gasteiger partial charge in [0, 0.05) is 0 Å². The Bertz CT molecular complexity index is 811. The van der Waals surface area contributed by atoms with Crippen LogP contribution < -0.4 is 18.9 Å². The Morgan fingerprint density at radius 2 is 1.42 bits per heavy atom. The lowest BCUT2D eigenvalue weighted by Gasteiger charge is -2.28. The van der Waals surface area contributed by atoms with Gasteiger partial charge in [-0.25, -0.2) is 0 Å². The van der Waals surface area contributed by atoms with E-state index in [1.165, 1.54) is 0 Å². The van der Waals surface area contributed by atoms with Crippen LogP contribution in [0.2, 0.25) is 20.1 Å². The molecule has 0 amide bonds. The smallest absolute Gasteiger partial charge is 0.245 e. The van der Waals surface area contributed by atoms with Crippen LogP contribution in [0.1, 0.15) is 6.42 Å². The van der Waals surface area contributed by atoms with Gasteiger partial charge in [0.1, 0.15) is 22.8 Å². The Labute approximate surface area is 158 Å². The minimum atomic E-state index is -0.533. The molecule has 0 aliphatic carbocycles. The van der Waals surface area contributed by atoms with Crippen molar-refractivity contribution in [2.45, 2.75) is 18.8 Å². The van der Waals surface area contributed by atoms with E-state index in [1.807, 2.05) is 0 Å². The second kappa shape index (κ2) is 6.26. The Kier molecular flexibility index (Phi) is 4.25. The molecule has 24 heavy (non-hydrogen) atoms. The van der Waals surface area contributed by atoms with Gasteiger partial charge in [-0.3, -0.25) is 0 Å².